The van der Waals surface area contributed by atoms with Crippen LogP contribution in [0.25, 0.3) is 11.6 Å². The van der Waals surface area contributed by atoms with Crippen molar-refractivity contribution in [3.8, 4) is 0 Å². The van der Waals surface area contributed by atoms with Crippen LogP contribution in [0, 0.1) is 11.8 Å². The highest BCUT2D eigenvalue weighted by Crippen LogP contribution is 2.36. The van der Waals surface area contributed by atoms with E-state index in [0.717, 1.165) is 65.6 Å². The number of carbonyl (C=O) groups is 1. The smallest absolute Gasteiger partial charge is 0.246 e. The van der Waals surface area contributed by atoms with E-state index in [0.29, 0.717) is 18.5 Å². The maximum Gasteiger partial charge on any atom is 0.246 e. The Hall–Kier alpha value is -3.60. The molecule has 1 aromatic rings. The molecule has 2 aliphatic carbocycles. The van der Waals surface area contributed by atoms with E-state index in [2.05, 4.69) is 86.6 Å². The third kappa shape index (κ3) is 12.5. The van der Waals surface area contributed by atoms with Gasteiger partial charge in [-0.25, -0.2) is 8.78 Å². The molecular weight excluding hydrogens is 586 g/mol. The van der Waals surface area contributed by atoms with Crippen molar-refractivity contribution in [2.24, 2.45) is 16.8 Å². The molecule has 47 heavy (non-hydrogen) atoms. The summed E-state index contributed by atoms with van der Waals surface area (Å²) in [6.07, 6.45) is 22.2. The molecular formula is C42H56F2N2O. The molecule has 2 aliphatic rings. The Bertz CT molecular complexity index is 1380. The molecule has 0 heterocycles. The number of alkyl halides is 2. The van der Waals surface area contributed by atoms with Crippen molar-refractivity contribution in [3.63, 3.8) is 0 Å². The van der Waals surface area contributed by atoms with E-state index >= 15 is 0 Å². The van der Waals surface area contributed by atoms with E-state index in [9.17, 15) is 13.6 Å². The number of aliphatic imine (C=N–C) groups is 1. The van der Waals surface area contributed by atoms with Gasteiger partial charge in [0.1, 0.15) is 5.78 Å². The lowest BCUT2D eigenvalue weighted by molar-refractivity contribution is -0.119. The fraction of sp³-hybridized carbons (Fsp3) is 0.476. The molecule has 0 aliphatic heterocycles. The number of ketones is 1. The van der Waals surface area contributed by atoms with Gasteiger partial charge in [-0.1, -0.05) is 112 Å². The maximum atomic E-state index is 14.5. The SMILES string of the molecule is C=C1C=C(c2ccc(/C=C/CCC=C(CCC)CCC)cc2)C=C(/C(=C\C=N/C)N(CCC)CC(C(=C)CC(=O)C2CC2)C(F)F)C1. The molecule has 1 fully saturated rings. The predicted molar refractivity (Wildman–Crippen MR) is 198 cm³/mol. The van der Waals surface area contributed by atoms with Gasteiger partial charge in [-0.05, 0) is 85.8 Å². The minimum atomic E-state index is -2.61. The van der Waals surface area contributed by atoms with Crippen molar-refractivity contribution in [3.05, 3.63) is 107 Å². The van der Waals surface area contributed by atoms with Crippen LogP contribution in [0.3, 0.4) is 0 Å². The number of halogens is 2. The van der Waals surface area contributed by atoms with Gasteiger partial charge >= 0.3 is 0 Å². The lowest BCUT2D eigenvalue weighted by Crippen LogP contribution is -2.35. The van der Waals surface area contributed by atoms with Crippen LogP contribution in [0.2, 0.25) is 0 Å². The van der Waals surface area contributed by atoms with Crippen LogP contribution in [-0.2, 0) is 4.79 Å². The number of rotatable bonds is 21. The molecule has 0 radical (unpaired) electrons. The summed E-state index contributed by atoms with van der Waals surface area (Å²) in [7, 11) is 1.70. The zero-order chi connectivity index (χ0) is 34.2. The monoisotopic (exact) mass is 642 g/mol. The van der Waals surface area contributed by atoms with Crippen LogP contribution in [0.5, 0.6) is 0 Å². The first-order valence-electron chi connectivity index (χ1n) is 17.6. The Balaban J connectivity index is 1.79. The molecule has 0 saturated heterocycles. The fourth-order valence-corrected chi connectivity index (χ4v) is 6.16. The second-order valence-electron chi connectivity index (χ2n) is 13.0. The Kier molecular flexibility index (Phi) is 16.0. The van der Waals surface area contributed by atoms with Crippen LogP contribution >= 0.6 is 0 Å². The van der Waals surface area contributed by atoms with E-state index < -0.39 is 12.3 Å². The maximum absolute atomic E-state index is 14.5. The summed E-state index contributed by atoms with van der Waals surface area (Å²) < 4.78 is 28.9. The quantitative estimate of drug-likeness (QED) is 0.0759. The number of nitrogens with zero attached hydrogens (tertiary/aromatic N) is 2. The number of hydrogen-bond acceptors (Lipinski definition) is 3. The van der Waals surface area contributed by atoms with Crippen molar-refractivity contribution in [2.45, 2.75) is 97.8 Å². The number of Topliss-reactive ketones (excluding diaryl/α,β-unsaturated/α-hetero) is 1. The second kappa shape index (κ2) is 19.9. The predicted octanol–water partition coefficient (Wildman–Crippen LogP) is 11.4. The number of carbonyl (C=O) groups excluding carboxylic acids is 1. The Morgan fingerprint density at radius 3 is 2.34 bits per heavy atom. The van der Waals surface area contributed by atoms with Crippen LogP contribution < -0.4 is 0 Å². The van der Waals surface area contributed by atoms with Crippen molar-refractivity contribution >= 4 is 23.6 Å². The zero-order valence-electron chi connectivity index (χ0n) is 29.2. The van der Waals surface area contributed by atoms with Gasteiger partial charge in [0.25, 0.3) is 0 Å². The molecule has 0 N–H and O–H groups in total. The highest BCUT2D eigenvalue weighted by Gasteiger charge is 2.33. The standard InChI is InChI=1S/C42H56F2N2O/c1-7-13-33(14-8-2)15-11-10-12-16-34-17-19-35(20-18-34)37-26-31(4)27-38(29-37)40(23-24-45-6)46(25-9-3)30-39(42(43)44)32(5)28-41(47)36-21-22-36/h12,15-20,23-24,26,29,36,39,42H,4-5,7-11,13-14,21-22,25,27-28,30H2,1-3,6H3/b16-12+,40-23+,45-24-. The van der Waals surface area contributed by atoms with Crippen molar-refractivity contribution < 1.29 is 13.6 Å². The highest BCUT2D eigenvalue weighted by molar-refractivity contribution is 5.85. The molecule has 5 heteroatoms. The highest BCUT2D eigenvalue weighted by atomic mass is 19.3. The Labute approximate surface area is 283 Å². The third-order valence-corrected chi connectivity index (χ3v) is 8.79. The fourth-order valence-electron chi connectivity index (χ4n) is 6.16. The average molecular weight is 643 g/mol. The lowest BCUT2D eigenvalue weighted by Gasteiger charge is -2.34. The van der Waals surface area contributed by atoms with Crippen molar-refractivity contribution in [1.82, 2.24) is 4.90 Å². The third-order valence-electron chi connectivity index (χ3n) is 8.79. The van der Waals surface area contributed by atoms with E-state index in [1.54, 1.807) is 18.8 Å². The molecule has 3 rings (SSSR count). The summed E-state index contributed by atoms with van der Waals surface area (Å²) in [5, 5.41) is 0. The first kappa shape index (κ1) is 37.9. The molecule has 0 aromatic heterocycles. The average Bonchev–Trinajstić information content (AvgIpc) is 3.89. The zero-order valence-corrected chi connectivity index (χ0v) is 29.2. The molecule has 254 valence electrons. The first-order chi connectivity index (χ1) is 22.7. The van der Waals surface area contributed by atoms with Gasteiger partial charge in [-0.3, -0.25) is 9.79 Å². The molecule has 1 atom stereocenters. The first-order valence-corrected chi connectivity index (χ1v) is 17.6. The minimum absolute atomic E-state index is 0.0262. The van der Waals surface area contributed by atoms with Crippen LogP contribution in [0.15, 0.2) is 101 Å². The number of benzene rings is 1. The molecule has 3 nitrogen and oxygen atoms in total. The van der Waals surface area contributed by atoms with Crippen molar-refractivity contribution in [2.75, 3.05) is 20.1 Å². The van der Waals surface area contributed by atoms with Gasteiger partial charge < -0.3 is 4.90 Å². The number of hydrogen-bond donors (Lipinski definition) is 0. The van der Waals surface area contributed by atoms with E-state index in [1.807, 2.05) is 17.9 Å². The molecule has 0 spiro atoms. The van der Waals surface area contributed by atoms with Gasteiger partial charge in [0.2, 0.25) is 6.43 Å². The van der Waals surface area contributed by atoms with Gasteiger partial charge in [0, 0.05) is 44.4 Å². The topological polar surface area (TPSA) is 32.7 Å². The molecule has 1 saturated carbocycles. The van der Waals surface area contributed by atoms with Crippen LogP contribution in [0.4, 0.5) is 8.78 Å². The largest absolute Gasteiger partial charge is 0.370 e. The summed E-state index contributed by atoms with van der Waals surface area (Å²) in [5.41, 5.74) is 8.01. The Morgan fingerprint density at radius 2 is 1.74 bits per heavy atom. The summed E-state index contributed by atoms with van der Waals surface area (Å²) in [6.45, 7) is 15.5. The second-order valence-corrected chi connectivity index (χ2v) is 13.0. The summed E-state index contributed by atoms with van der Waals surface area (Å²) in [6, 6.07) is 8.54. The van der Waals surface area contributed by atoms with Crippen LogP contribution in [0.1, 0.15) is 103 Å². The van der Waals surface area contributed by atoms with Gasteiger partial charge in [0.15, 0.2) is 0 Å². The molecule has 1 unspecified atom stereocenters. The van der Waals surface area contributed by atoms with E-state index in [1.165, 1.54) is 25.7 Å². The van der Waals surface area contributed by atoms with Crippen LogP contribution in [-0.4, -0.2) is 43.5 Å². The molecule has 0 amide bonds. The molecule has 0 bridgehead atoms. The minimum Gasteiger partial charge on any atom is -0.370 e. The number of allylic oxidation sites excluding steroid dienone is 9. The van der Waals surface area contributed by atoms with E-state index in [-0.39, 0.29) is 24.7 Å². The van der Waals surface area contributed by atoms with Gasteiger partial charge in [-0.2, -0.15) is 0 Å². The van der Waals surface area contributed by atoms with E-state index in [4.69, 9.17) is 0 Å². The summed E-state index contributed by atoms with van der Waals surface area (Å²) in [5.74, 6) is -1.03. The molecule has 1 aromatic carbocycles. The van der Waals surface area contributed by atoms with Gasteiger partial charge in [0.05, 0.1) is 5.92 Å². The lowest BCUT2D eigenvalue weighted by atomic mass is 9.88. The normalized spacial score (nSPS) is 16.1. The Morgan fingerprint density at radius 1 is 1.04 bits per heavy atom. The summed E-state index contributed by atoms with van der Waals surface area (Å²) in [4.78, 5) is 18.7. The van der Waals surface area contributed by atoms with Crippen molar-refractivity contribution in [1.29, 1.82) is 0 Å². The van der Waals surface area contributed by atoms with Gasteiger partial charge in [-0.15, -0.1) is 0 Å². The summed E-state index contributed by atoms with van der Waals surface area (Å²) >= 11 is 0. The number of unbranched alkanes of at least 4 members (excludes halogenated alkanes) is 1.